The molecule has 13 heavy (non-hydrogen) atoms. The molecule has 0 unspecified atom stereocenters. The van der Waals surface area contributed by atoms with Crippen LogP contribution in [0.1, 0.15) is 47.5 Å². The summed E-state index contributed by atoms with van der Waals surface area (Å²) in [6.45, 7) is 10.3. The quantitative estimate of drug-likeness (QED) is 0.630. The number of alkyl halides is 1. The molecule has 1 amide bonds. The molecule has 0 aliphatic rings. The Hall–Kier alpha value is 0.200. The molecule has 0 aromatic carbocycles. The summed E-state index contributed by atoms with van der Waals surface area (Å²) >= 11 is 2.37. The van der Waals surface area contributed by atoms with Crippen LogP contribution >= 0.6 is 22.6 Å². The number of halogens is 1. The van der Waals surface area contributed by atoms with Gasteiger partial charge in [0.25, 0.3) is 0 Å². The van der Waals surface area contributed by atoms with Gasteiger partial charge in [-0.2, -0.15) is 0 Å². The van der Waals surface area contributed by atoms with Crippen molar-refractivity contribution < 1.29 is 4.79 Å². The highest BCUT2D eigenvalue weighted by Gasteiger charge is 2.17. The zero-order chi connectivity index (χ0) is 10.7. The van der Waals surface area contributed by atoms with Crippen LogP contribution < -0.4 is 5.32 Å². The van der Waals surface area contributed by atoms with Crippen molar-refractivity contribution in [3.8, 4) is 0 Å². The van der Waals surface area contributed by atoms with E-state index < -0.39 is 0 Å². The van der Waals surface area contributed by atoms with Crippen LogP contribution in [0.5, 0.6) is 0 Å². The Morgan fingerprint density at radius 2 is 1.69 bits per heavy atom. The molecule has 0 radical (unpaired) electrons. The van der Waals surface area contributed by atoms with Crippen LogP contribution in [0, 0.1) is 0 Å². The largest absolute Gasteiger partial charge is 0.352 e. The van der Waals surface area contributed by atoms with Gasteiger partial charge in [-0.25, -0.2) is 0 Å². The number of carbonyl (C=O) groups is 1. The van der Waals surface area contributed by atoms with Gasteiger partial charge in [-0.15, -0.1) is 0 Å². The predicted molar refractivity (Wildman–Crippen MR) is 65.2 cm³/mol. The minimum atomic E-state index is -0.105. The van der Waals surface area contributed by atoms with E-state index in [1.807, 2.05) is 20.8 Å². The predicted octanol–water partition coefficient (Wildman–Crippen LogP) is 2.89. The number of hydrogen-bond acceptors (Lipinski definition) is 1. The molecular formula is C10H20INO. The number of rotatable bonds is 3. The van der Waals surface area contributed by atoms with Crippen molar-refractivity contribution in [2.75, 3.05) is 0 Å². The molecule has 0 aromatic rings. The van der Waals surface area contributed by atoms with Crippen LogP contribution in [-0.2, 0) is 4.79 Å². The van der Waals surface area contributed by atoms with Crippen LogP contribution in [0.3, 0.4) is 0 Å². The van der Waals surface area contributed by atoms with Crippen molar-refractivity contribution in [1.82, 2.24) is 5.32 Å². The Labute approximate surface area is 95.0 Å². The van der Waals surface area contributed by atoms with Crippen molar-refractivity contribution in [2.45, 2.75) is 56.4 Å². The van der Waals surface area contributed by atoms with Crippen molar-refractivity contribution in [1.29, 1.82) is 0 Å². The summed E-state index contributed by atoms with van der Waals surface area (Å²) in [7, 11) is 0. The van der Waals surface area contributed by atoms with Gasteiger partial charge in [-0.05, 0) is 27.2 Å². The van der Waals surface area contributed by atoms with E-state index in [4.69, 9.17) is 0 Å². The molecule has 78 valence electrons. The first-order chi connectivity index (χ1) is 5.60. The Balaban J connectivity index is 3.78. The number of nitrogens with one attached hydrogen (secondary N) is 1. The lowest BCUT2D eigenvalue weighted by Gasteiger charge is -2.22. The maximum atomic E-state index is 11.4. The van der Waals surface area contributed by atoms with Gasteiger partial charge in [0.1, 0.15) is 0 Å². The van der Waals surface area contributed by atoms with Gasteiger partial charge in [0.2, 0.25) is 5.91 Å². The van der Waals surface area contributed by atoms with Crippen LogP contribution in [0.2, 0.25) is 0 Å². The highest BCUT2D eigenvalue weighted by Crippen LogP contribution is 2.22. The fourth-order valence-electron chi connectivity index (χ4n) is 0.892. The van der Waals surface area contributed by atoms with E-state index in [0.717, 1.165) is 6.42 Å². The van der Waals surface area contributed by atoms with Crippen LogP contribution in [0.15, 0.2) is 0 Å². The Kier molecular flexibility index (Phi) is 4.69. The first-order valence-corrected chi connectivity index (χ1v) is 5.68. The minimum Gasteiger partial charge on any atom is -0.352 e. The molecule has 0 atom stereocenters. The highest BCUT2D eigenvalue weighted by molar-refractivity contribution is 14.1. The van der Waals surface area contributed by atoms with E-state index in [1.165, 1.54) is 0 Å². The smallest absolute Gasteiger partial charge is 0.220 e. The normalized spacial score (nSPS) is 12.8. The third-order valence-corrected chi connectivity index (χ3v) is 2.00. The average Bonchev–Trinajstić information content (AvgIpc) is 1.78. The summed E-state index contributed by atoms with van der Waals surface area (Å²) in [6, 6.07) is 0. The molecule has 0 aliphatic heterocycles. The molecule has 0 aliphatic carbocycles. The molecule has 2 nitrogen and oxygen atoms in total. The van der Waals surface area contributed by atoms with Crippen molar-refractivity contribution in [3.63, 3.8) is 0 Å². The SMILES string of the molecule is CC(C)(I)CCC(=O)NC(C)(C)C. The van der Waals surface area contributed by atoms with E-state index in [2.05, 4.69) is 41.8 Å². The molecule has 1 N–H and O–H groups in total. The summed E-state index contributed by atoms with van der Waals surface area (Å²) in [5, 5.41) is 2.95. The first kappa shape index (κ1) is 13.2. The molecule has 0 saturated carbocycles. The van der Waals surface area contributed by atoms with Gasteiger partial charge in [0.15, 0.2) is 0 Å². The molecule has 0 fully saturated rings. The second-order valence-corrected chi connectivity index (χ2v) is 7.94. The summed E-state index contributed by atoms with van der Waals surface area (Å²) in [4.78, 5) is 11.4. The van der Waals surface area contributed by atoms with Gasteiger partial charge in [0, 0.05) is 15.4 Å². The molecule has 0 rings (SSSR count). The van der Waals surface area contributed by atoms with Crippen LogP contribution in [0.25, 0.3) is 0 Å². The summed E-state index contributed by atoms with van der Waals surface area (Å²) in [6.07, 6.45) is 1.54. The summed E-state index contributed by atoms with van der Waals surface area (Å²) in [5.74, 6) is 0.150. The lowest BCUT2D eigenvalue weighted by Crippen LogP contribution is -2.40. The van der Waals surface area contributed by atoms with E-state index in [1.54, 1.807) is 0 Å². The van der Waals surface area contributed by atoms with Crippen molar-refractivity contribution >= 4 is 28.5 Å². The van der Waals surface area contributed by atoms with Gasteiger partial charge in [0.05, 0.1) is 0 Å². The maximum Gasteiger partial charge on any atom is 0.220 e. The first-order valence-electron chi connectivity index (χ1n) is 4.60. The Bertz CT molecular complexity index is 176. The molecule has 0 heterocycles. The summed E-state index contributed by atoms with van der Waals surface area (Å²) < 4.78 is 0.215. The third kappa shape index (κ3) is 10.1. The molecule has 0 aromatic heterocycles. The van der Waals surface area contributed by atoms with Crippen molar-refractivity contribution in [3.05, 3.63) is 0 Å². The lowest BCUT2D eigenvalue weighted by molar-refractivity contribution is -0.122. The number of amides is 1. The third-order valence-electron chi connectivity index (χ3n) is 1.46. The molecule has 0 saturated heterocycles. The average molecular weight is 297 g/mol. The van der Waals surface area contributed by atoms with Gasteiger partial charge in [-0.1, -0.05) is 36.4 Å². The fourth-order valence-corrected chi connectivity index (χ4v) is 1.16. The Morgan fingerprint density at radius 3 is 2.00 bits per heavy atom. The lowest BCUT2D eigenvalue weighted by atomic mass is 10.1. The second-order valence-electron chi connectivity index (χ2n) is 5.02. The molecule has 0 bridgehead atoms. The standard InChI is InChI=1S/C10H20INO/c1-9(2,3)12-8(13)6-7-10(4,5)11/h6-7H2,1-5H3,(H,12,13). The monoisotopic (exact) mass is 297 g/mol. The van der Waals surface area contributed by atoms with Gasteiger partial charge in [-0.3, -0.25) is 4.79 Å². The zero-order valence-electron chi connectivity index (χ0n) is 9.20. The Morgan fingerprint density at radius 1 is 1.23 bits per heavy atom. The molecular weight excluding hydrogens is 277 g/mol. The fraction of sp³-hybridized carbons (Fsp3) is 0.900. The number of carbonyl (C=O) groups excluding carboxylic acids is 1. The van der Waals surface area contributed by atoms with E-state index in [-0.39, 0.29) is 14.9 Å². The molecule has 3 heteroatoms. The van der Waals surface area contributed by atoms with Crippen LogP contribution in [0.4, 0.5) is 0 Å². The zero-order valence-corrected chi connectivity index (χ0v) is 11.4. The van der Waals surface area contributed by atoms with E-state index in [9.17, 15) is 4.79 Å². The van der Waals surface area contributed by atoms with Crippen LogP contribution in [-0.4, -0.2) is 14.9 Å². The molecule has 0 spiro atoms. The second kappa shape index (κ2) is 4.62. The minimum absolute atomic E-state index is 0.105. The van der Waals surface area contributed by atoms with Crippen molar-refractivity contribution in [2.24, 2.45) is 0 Å². The van der Waals surface area contributed by atoms with Gasteiger partial charge < -0.3 is 5.32 Å². The summed E-state index contributed by atoms with van der Waals surface area (Å²) in [5.41, 5.74) is -0.105. The highest BCUT2D eigenvalue weighted by atomic mass is 127. The van der Waals surface area contributed by atoms with Gasteiger partial charge >= 0.3 is 0 Å². The number of hydrogen-bond donors (Lipinski definition) is 1. The van der Waals surface area contributed by atoms with E-state index >= 15 is 0 Å². The van der Waals surface area contributed by atoms with E-state index in [0.29, 0.717) is 6.42 Å². The topological polar surface area (TPSA) is 29.1 Å². The maximum absolute atomic E-state index is 11.4.